The standard InChI is InChI=1S/C38H25O2PS/c42-41(29-15-3-1-4-16-29,30-17-5-2-6-18-30)31-19-11-14-28(22-31)34-25-37-38(33-21-10-9-20-32(33)34)40-36-24-27-13-8-7-12-26(27)23-35(36)39-37/h1-25H. The molecule has 0 fully saturated rings. The van der Waals surface area contributed by atoms with Crippen molar-refractivity contribution in [3.05, 3.63) is 152 Å². The van der Waals surface area contributed by atoms with Gasteiger partial charge in [0.1, 0.15) is 0 Å². The van der Waals surface area contributed by atoms with Crippen molar-refractivity contribution in [2.75, 3.05) is 0 Å². The van der Waals surface area contributed by atoms with Crippen LogP contribution in [0.2, 0.25) is 0 Å². The minimum atomic E-state index is -2.30. The van der Waals surface area contributed by atoms with Crippen LogP contribution in [0.3, 0.4) is 0 Å². The van der Waals surface area contributed by atoms with E-state index in [1.54, 1.807) is 0 Å². The molecule has 8 rings (SSSR count). The predicted molar refractivity (Wildman–Crippen MR) is 180 cm³/mol. The highest BCUT2D eigenvalue weighted by atomic mass is 32.4. The minimum absolute atomic E-state index is 0.711. The molecule has 0 atom stereocenters. The quantitative estimate of drug-likeness (QED) is 0.195. The molecule has 1 aliphatic heterocycles. The molecule has 0 N–H and O–H groups in total. The number of benzene rings is 7. The fourth-order valence-electron chi connectivity index (χ4n) is 5.92. The van der Waals surface area contributed by atoms with Crippen molar-refractivity contribution in [3.8, 4) is 34.1 Å². The molecule has 0 unspecified atom stereocenters. The van der Waals surface area contributed by atoms with Gasteiger partial charge in [0.05, 0.1) is 0 Å². The van der Waals surface area contributed by atoms with E-state index in [0.29, 0.717) is 5.75 Å². The summed E-state index contributed by atoms with van der Waals surface area (Å²) in [4.78, 5) is 0. The molecule has 42 heavy (non-hydrogen) atoms. The fraction of sp³-hybridized carbons (Fsp3) is 0. The van der Waals surface area contributed by atoms with E-state index in [0.717, 1.165) is 55.2 Å². The summed E-state index contributed by atoms with van der Waals surface area (Å²) in [6.07, 6.45) is 0. The first-order valence-corrected chi connectivity index (χ1v) is 16.8. The van der Waals surface area contributed by atoms with Gasteiger partial charge in [0.15, 0.2) is 23.0 Å². The van der Waals surface area contributed by atoms with E-state index in [1.807, 2.05) is 30.3 Å². The van der Waals surface area contributed by atoms with Crippen LogP contribution < -0.4 is 25.4 Å². The Morgan fingerprint density at radius 2 is 0.976 bits per heavy atom. The van der Waals surface area contributed by atoms with Crippen molar-refractivity contribution in [1.82, 2.24) is 0 Å². The van der Waals surface area contributed by atoms with Gasteiger partial charge in [-0.05, 0) is 67.5 Å². The second-order valence-electron chi connectivity index (χ2n) is 10.5. The molecule has 0 saturated carbocycles. The normalized spacial score (nSPS) is 12.3. The van der Waals surface area contributed by atoms with Crippen LogP contribution in [0, 0.1) is 0 Å². The highest BCUT2D eigenvalue weighted by Crippen LogP contribution is 2.52. The van der Waals surface area contributed by atoms with Crippen molar-refractivity contribution in [3.63, 3.8) is 0 Å². The molecular weight excluding hydrogens is 551 g/mol. The van der Waals surface area contributed by atoms with Crippen molar-refractivity contribution in [1.29, 1.82) is 0 Å². The van der Waals surface area contributed by atoms with Gasteiger partial charge in [-0.1, -0.05) is 139 Å². The monoisotopic (exact) mass is 576 g/mol. The first kappa shape index (κ1) is 25.1. The van der Waals surface area contributed by atoms with Gasteiger partial charge in [0.2, 0.25) is 0 Å². The van der Waals surface area contributed by atoms with Crippen molar-refractivity contribution in [2.24, 2.45) is 0 Å². The molecule has 7 aromatic carbocycles. The summed E-state index contributed by atoms with van der Waals surface area (Å²) < 4.78 is 13.1. The van der Waals surface area contributed by atoms with Gasteiger partial charge in [-0.2, -0.15) is 0 Å². The van der Waals surface area contributed by atoms with E-state index >= 15 is 0 Å². The van der Waals surface area contributed by atoms with Crippen LogP contribution in [0.5, 0.6) is 23.0 Å². The second-order valence-corrected chi connectivity index (χ2v) is 14.9. The van der Waals surface area contributed by atoms with Crippen LogP contribution in [0.15, 0.2) is 152 Å². The van der Waals surface area contributed by atoms with Crippen molar-refractivity contribution < 1.29 is 9.47 Å². The molecule has 1 aliphatic rings. The van der Waals surface area contributed by atoms with Gasteiger partial charge >= 0.3 is 0 Å². The largest absolute Gasteiger partial charge is 0.449 e. The molecule has 2 nitrogen and oxygen atoms in total. The molecule has 0 aliphatic carbocycles. The number of fused-ring (bicyclic) bond motifs is 5. The Morgan fingerprint density at radius 1 is 0.429 bits per heavy atom. The summed E-state index contributed by atoms with van der Waals surface area (Å²) in [5.74, 6) is 2.90. The first-order valence-electron chi connectivity index (χ1n) is 13.9. The highest BCUT2D eigenvalue weighted by Gasteiger charge is 2.27. The van der Waals surface area contributed by atoms with Gasteiger partial charge in [-0.15, -0.1) is 0 Å². The molecule has 4 heteroatoms. The third kappa shape index (κ3) is 4.05. The van der Waals surface area contributed by atoms with Gasteiger partial charge in [-0.3, -0.25) is 0 Å². The smallest absolute Gasteiger partial charge is 0.177 e. The summed E-state index contributed by atoms with van der Waals surface area (Å²) in [6.45, 7) is 0. The Labute approximate surface area is 249 Å². The average molecular weight is 577 g/mol. The molecular formula is C38H25O2PS. The summed E-state index contributed by atoms with van der Waals surface area (Å²) in [7, 11) is 0. The van der Waals surface area contributed by atoms with E-state index < -0.39 is 6.04 Å². The lowest BCUT2D eigenvalue weighted by atomic mass is 9.96. The molecule has 0 amide bonds. The van der Waals surface area contributed by atoms with Crippen molar-refractivity contribution in [2.45, 2.75) is 0 Å². The maximum atomic E-state index is 6.65. The van der Waals surface area contributed by atoms with E-state index in [1.165, 1.54) is 10.6 Å². The van der Waals surface area contributed by atoms with Crippen LogP contribution in [0.1, 0.15) is 0 Å². The molecule has 200 valence electrons. The molecule has 7 aromatic rings. The Morgan fingerprint density at radius 3 is 1.64 bits per heavy atom. The average Bonchev–Trinajstić information content (AvgIpc) is 3.06. The van der Waals surface area contributed by atoms with Crippen LogP contribution >= 0.6 is 6.04 Å². The Hall–Kier alpha value is -4.69. The first-order chi connectivity index (χ1) is 20.7. The molecule has 0 radical (unpaired) electrons. The Kier molecular flexibility index (Phi) is 5.96. The maximum Gasteiger partial charge on any atom is 0.177 e. The van der Waals surface area contributed by atoms with Crippen LogP contribution in [-0.2, 0) is 11.8 Å². The molecule has 0 saturated heterocycles. The number of hydrogen-bond donors (Lipinski definition) is 0. The van der Waals surface area contributed by atoms with Gasteiger partial charge < -0.3 is 9.47 Å². The third-order valence-corrected chi connectivity index (χ3v) is 12.9. The fourth-order valence-corrected chi connectivity index (χ4v) is 9.69. The lowest BCUT2D eigenvalue weighted by Gasteiger charge is -2.26. The van der Waals surface area contributed by atoms with Crippen molar-refractivity contribution >= 4 is 55.3 Å². The zero-order valence-electron chi connectivity index (χ0n) is 22.6. The van der Waals surface area contributed by atoms with Crippen LogP contribution in [0.4, 0.5) is 0 Å². The van der Waals surface area contributed by atoms with Gasteiger partial charge in [-0.25, -0.2) is 0 Å². The van der Waals surface area contributed by atoms with Crippen LogP contribution in [0.25, 0.3) is 32.7 Å². The summed E-state index contributed by atoms with van der Waals surface area (Å²) in [6, 6.07) is 50.4. The predicted octanol–water partition coefficient (Wildman–Crippen LogP) is 9.31. The minimum Gasteiger partial charge on any atom is -0.449 e. The lowest BCUT2D eigenvalue weighted by molar-refractivity contribution is 0.364. The molecule has 0 bridgehead atoms. The Bertz CT molecular complexity index is 2130. The zero-order valence-corrected chi connectivity index (χ0v) is 24.3. The molecule has 0 aromatic heterocycles. The number of rotatable bonds is 4. The van der Waals surface area contributed by atoms with Gasteiger partial charge in [0, 0.05) is 11.4 Å². The van der Waals surface area contributed by atoms with E-state index in [2.05, 4.69) is 121 Å². The van der Waals surface area contributed by atoms with E-state index in [9.17, 15) is 0 Å². The summed E-state index contributed by atoms with van der Waals surface area (Å²) >= 11 is 6.65. The lowest BCUT2D eigenvalue weighted by Crippen LogP contribution is -2.24. The molecule has 1 heterocycles. The topological polar surface area (TPSA) is 18.5 Å². The number of ether oxygens (including phenoxy) is 2. The van der Waals surface area contributed by atoms with E-state index in [4.69, 9.17) is 21.3 Å². The summed E-state index contributed by atoms with van der Waals surface area (Å²) in [5.41, 5.74) is 2.18. The van der Waals surface area contributed by atoms with E-state index in [-0.39, 0.29) is 0 Å². The zero-order chi connectivity index (χ0) is 28.1. The molecule has 0 spiro atoms. The van der Waals surface area contributed by atoms with Crippen LogP contribution in [-0.4, -0.2) is 0 Å². The Balaban J connectivity index is 1.31. The SMILES string of the molecule is S=P(c1ccccc1)(c1ccccc1)c1cccc(-c2cc3c(c4ccccc24)Oc2cc4ccccc4cc2O3)c1. The second kappa shape index (κ2) is 9.99. The third-order valence-electron chi connectivity index (χ3n) is 7.97. The number of hydrogen-bond acceptors (Lipinski definition) is 3. The maximum absolute atomic E-state index is 6.65. The van der Waals surface area contributed by atoms with Gasteiger partial charge in [0.25, 0.3) is 0 Å². The highest BCUT2D eigenvalue weighted by molar-refractivity contribution is 8.25. The summed E-state index contributed by atoms with van der Waals surface area (Å²) in [5, 5.41) is 7.87.